The largest absolute Gasteiger partial charge is 0.466 e. The zero-order chi connectivity index (χ0) is 12.8. The SMILES string of the molecule is CCCCCCCCCCOC(=O)CCCBr. The third-order valence-corrected chi connectivity index (χ3v) is 3.34. The number of alkyl halides is 1. The highest BCUT2D eigenvalue weighted by molar-refractivity contribution is 9.09. The van der Waals surface area contributed by atoms with Gasteiger partial charge in [0.05, 0.1) is 6.61 Å². The Bertz CT molecular complexity index is 172. The molecule has 0 aromatic carbocycles. The molecule has 2 nitrogen and oxygen atoms in total. The van der Waals surface area contributed by atoms with Crippen molar-refractivity contribution >= 4 is 21.9 Å². The number of hydrogen-bond donors (Lipinski definition) is 0. The van der Waals surface area contributed by atoms with E-state index in [-0.39, 0.29) is 5.97 Å². The Kier molecular flexibility index (Phi) is 14.0. The second-order valence-electron chi connectivity index (χ2n) is 4.49. The zero-order valence-electron chi connectivity index (χ0n) is 11.2. The summed E-state index contributed by atoms with van der Waals surface area (Å²) in [6.45, 7) is 2.85. The molecular weight excluding hydrogens is 280 g/mol. The van der Waals surface area contributed by atoms with E-state index in [1.54, 1.807) is 0 Å². The van der Waals surface area contributed by atoms with E-state index in [9.17, 15) is 4.79 Å². The van der Waals surface area contributed by atoms with Crippen molar-refractivity contribution in [1.82, 2.24) is 0 Å². The van der Waals surface area contributed by atoms with Crippen LogP contribution < -0.4 is 0 Å². The van der Waals surface area contributed by atoms with Crippen LogP contribution in [0, 0.1) is 0 Å². The average molecular weight is 307 g/mol. The van der Waals surface area contributed by atoms with Crippen LogP contribution >= 0.6 is 15.9 Å². The summed E-state index contributed by atoms with van der Waals surface area (Å²) in [5.41, 5.74) is 0. The molecule has 0 saturated carbocycles. The molecule has 17 heavy (non-hydrogen) atoms. The normalized spacial score (nSPS) is 10.5. The maximum atomic E-state index is 11.2. The summed E-state index contributed by atoms with van der Waals surface area (Å²) in [5.74, 6) is -0.0487. The zero-order valence-corrected chi connectivity index (χ0v) is 12.8. The van der Waals surface area contributed by atoms with E-state index in [0.717, 1.165) is 18.2 Å². The lowest BCUT2D eigenvalue weighted by molar-refractivity contribution is -0.143. The van der Waals surface area contributed by atoms with Gasteiger partial charge in [-0.25, -0.2) is 0 Å². The topological polar surface area (TPSA) is 26.3 Å². The van der Waals surface area contributed by atoms with Gasteiger partial charge in [0.15, 0.2) is 0 Å². The third-order valence-electron chi connectivity index (χ3n) is 2.78. The molecule has 0 aliphatic heterocycles. The van der Waals surface area contributed by atoms with Crippen molar-refractivity contribution in [2.45, 2.75) is 71.1 Å². The number of ether oxygens (including phenoxy) is 1. The lowest BCUT2D eigenvalue weighted by atomic mass is 10.1. The summed E-state index contributed by atoms with van der Waals surface area (Å²) in [6, 6.07) is 0. The summed E-state index contributed by atoms with van der Waals surface area (Å²) >= 11 is 3.30. The van der Waals surface area contributed by atoms with E-state index in [4.69, 9.17) is 4.74 Å². The van der Waals surface area contributed by atoms with Gasteiger partial charge in [-0.1, -0.05) is 67.8 Å². The Morgan fingerprint density at radius 2 is 1.53 bits per heavy atom. The highest BCUT2D eigenvalue weighted by Crippen LogP contribution is 2.08. The van der Waals surface area contributed by atoms with E-state index in [1.165, 1.54) is 44.9 Å². The molecular formula is C14H27BrO2. The van der Waals surface area contributed by atoms with Crippen LogP contribution in [0.15, 0.2) is 0 Å². The van der Waals surface area contributed by atoms with Crippen molar-refractivity contribution < 1.29 is 9.53 Å². The molecule has 0 bridgehead atoms. The van der Waals surface area contributed by atoms with Crippen LogP contribution in [-0.4, -0.2) is 17.9 Å². The van der Waals surface area contributed by atoms with E-state index >= 15 is 0 Å². The van der Waals surface area contributed by atoms with E-state index in [0.29, 0.717) is 13.0 Å². The van der Waals surface area contributed by atoms with Gasteiger partial charge >= 0.3 is 5.97 Å². The minimum atomic E-state index is -0.0487. The standard InChI is InChI=1S/C14H27BrO2/c1-2-3-4-5-6-7-8-9-13-17-14(16)11-10-12-15/h2-13H2,1H3. The molecule has 0 atom stereocenters. The van der Waals surface area contributed by atoms with Crippen molar-refractivity contribution in [3.63, 3.8) is 0 Å². The second kappa shape index (κ2) is 14.0. The van der Waals surface area contributed by atoms with Gasteiger partial charge in [0.2, 0.25) is 0 Å². The van der Waals surface area contributed by atoms with E-state index in [2.05, 4.69) is 22.9 Å². The van der Waals surface area contributed by atoms with Crippen molar-refractivity contribution in [2.24, 2.45) is 0 Å². The lowest BCUT2D eigenvalue weighted by Gasteiger charge is -2.04. The van der Waals surface area contributed by atoms with Crippen LogP contribution in [0.3, 0.4) is 0 Å². The predicted molar refractivity (Wildman–Crippen MR) is 76.6 cm³/mol. The highest BCUT2D eigenvalue weighted by atomic mass is 79.9. The summed E-state index contributed by atoms with van der Waals surface area (Å²) in [4.78, 5) is 11.2. The minimum absolute atomic E-state index is 0.0487. The number of carbonyl (C=O) groups excluding carboxylic acids is 1. The van der Waals surface area contributed by atoms with Crippen LogP contribution in [0.5, 0.6) is 0 Å². The maximum absolute atomic E-state index is 11.2. The van der Waals surface area contributed by atoms with Crippen molar-refractivity contribution in [3.8, 4) is 0 Å². The van der Waals surface area contributed by atoms with Crippen molar-refractivity contribution in [1.29, 1.82) is 0 Å². The molecule has 102 valence electrons. The lowest BCUT2D eigenvalue weighted by Crippen LogP contribution is -2.05. The van der Waals surface area contributed by atoms with Gasteiger partial charge in [-0.05, 0) is 12.8 Å². The number of halogens is 1. The van der Waals surface area contributed by atoms with Gasteiger partial charge in [0.1, 0.15) is 0 Å². The molecule has 0 N–H and O–H groups in total. The molecule has 0 aliphatic rings. The number of hydrogen-bond acceptors (Lipinski definition) is 2. The molecule has 3 heteroatoms. The number of esters is 1. The van der Waals surface area contributed by atoms with Gasteiger partial charge in [0, 0.05) is 11.8 Å². The number of carbonyl (C=O) groups is 1. The fourth-order valence-corrected chi connectivity index (χ4v) is 1.99. The smallest absolute Gasteiger partial charge is 0.305 e. The van der Waals surface area contributed by atoms with E-state index in [1.807, 2.05) is 0 Å². The van der Waals surface area contributed by atoms with E-state index < -0.39 is 0 Å². The molecule has 0 radical (unpaired) electrons. The van der Waals surface area contributed by atoms with Crippen molar-refractivity contribution in [2.75, 3.05) is 11.9 Å². The molecule has 0 unspecified atom stereocenters. The third kappa shape index (κ3) is 13.9. The second-order valence-corrected chi connectivity index (χ2v) is 5.28. The minimum Gasteiger partial charge on any atom is -0.466 e. The molecule has 0 spiro atoms. The summed E-state index contributed by atoms with van der Waals surface area (Å²) in [6.07, 6.45) is 11.6. The van der Waals surface area contributed by atoms with Gasteiger partial charge in [0.25, 0.3) is 0 Å². The molecule has 0 amide bonds. The molecule has 0 heterocycles. The Morgan fingerprint density at radius 3 is 2.12 bits per heavy atom. The molecule has 0 saturated heterocycles. The summed E-state index contributed by atoms with van der Waals surface area (Å²) in [5, 5.41) is 0.875. The van der Waals surface area contributed by atoms with Crippen molar-refractivity contribution in [3.05, 3.63) is 0 Å². The molecule has 0 aromatic rings. The molecule has 0 aliphatic carbocycles. The molecule has 0 aromatic heterocycles. The number of rotatable bonds is 12. The first-order valence-corrected chi connectivity index (χ1v) is 8.15. The van der Waals surface area contributed by atoms with Gasteiger partial charge < -0.3 is 4.74 Å². The quantitative estimate of drug-likeness (QED) is 0.293. The Morgan fingerprint density at radius 1 is 0.941 bits per heavy atom. The maximum Gasteiger partial charge on any atom is 0.305 e. The van der Waals surface area contributed by atoms with Crippen LogP contribution in [0.25, 0.3) is 0 Å². The fourth-order valence-electron chi connectivity index (χ4n) is 1.71. The Labute approximate surface area is 115 Å². The summed E-state index contributed by atoms with van der Waals surface area (Å²) in [7, 11) is 0. The first kappa shape index (κ1) is 16.9. The average Bonchev–Trinajstić information content (AvgIpc) is 2.34. The predicted octanol–water partition coefficient (Wildman–Crippen LogP) is 4.85. The molecule has 0 rings (SSSR count). The molecule has 0 fully saturated rings. The first-order chi connectivity index (χ1) is 8.31. The van der Waals surface area contributed by atoms with Crippen LogP contribution in [0.2, 0.25) is 0 Å². The Hall–Kier alpha value is -0.0500. The Balaban J connectivity index is 3.05. The van der Waals surface area contributed by atoms with Crippen LogP contribution in [0.4, 0.5) is 0 Å². The highest BCUT2D eigenvalue weighted by Gasteiger charge is 2.01. The van der Waals surface area contributed by atoms with Gasteiger partial charge in [-0.2, -0.15) is 0 Å². The summed E-state index contributed by atoms with van der Waals surface area (Å²) < 4.78 is 5.13. The van der Waals surface area contributed by atoms with Gasteiger partial charge in [-0.3, -0.25) is 4.79 Å². The van der Waals surface area contributed by atoms with Crippen LogP contribution in [-0.2, 0) is 9.53 Å². The van der Waals surface area contributed by atoms with Gasteiger partial charge in [-0.15, -0.1) is 0 Å². The number of unbranched alkanes of at least 4 members (excludes halogenated alkanes) is 7. The fraction of sp³-hybridized carbons (Fsp3) is 0.929. The monoisotopic (exact) mass is 306 g/mol. The first-order valence-electron chi connectivity index (χ1n) is 7.02. The van der Waals surface area contributed by atoms with Crippen LogP contribution in [0.1, 0.15) is 71.1 Å².